The molecule has 3 rings (SSSR count). The van der Waals surface area contributed by atoms with Crippen molar-refractivity contribution < 1.29 is 23.8 Å². The Labute approximate surface area is 163 Å². The molecular weight excluding hydrogens is 363 g/mol. The highest BCUT2D eigenvalue weighted by atomic mass is 19.1. The number of carbonyl (C=O) groups is 1. The maximum atomic E-state index is 13.6. The van der Waals surface area contributed by atoms with Crippen molar-refractivity contribution in [2.75, 3.05) is 19.1 Å². The van der Waals surface area contributed by atoms with Crippen LogP contribution in [-0.2, 0) is 11.2 Å². The minimum absolute atomic E-state index is 0.0151. The first-order valence-electron chi connectivity index (χ1n) is 9.01. The highest BCUT2D eigenvalue weighted by Gasteiger charge is 2.30. The summed E-state index contributed by atoms with van der Waals surface area (Å²) in [6.07, 6.45) is 1.30. The van der Waals surface area contributed by atoms with E-state index in [0.717, 1.165) is 24.1 Å². The average molecular weight is 386 g/mol. The number of nitrogens with zero attached hydrogens (tertiary/aromatic N) is 2. The van der Waals surface area contributed by atoms with Crippen molar-refractivity contribution >= 4 is 23.7 Å². The van der Waals surface area contributed by atoms with Gasteiger partial charge in [0, 0.05) is 23.4 Å². The molecule has 1 aliphatic rings. The molecule has 1 aliphatic heterocycles. The lowest BCUT2D eigenvalue weighted by molar-refractivity contribution is 0.175. The molecule has 0 saturated heterocycles. The average Bonchev–Trinajstić information content (AvgIpc) is 2.71. The summed E-state index contributed by atoms with van der Waals surface area (Å²) in [4.78, 5) is 18.2. The van der Waals surface area contributed by atoms with E-state index >= 15 is 0 Å². The summed E-state index contributed by atoms with van der Waals surface area (Å²) in [5.74, 6) is -0.0934. The number of ether oxygens (including phenoxy) is 2. The molecule has 7 heteroatoms. The number of hydrogen-bond acceptors (Lipinski definition) is 5. The summed E-state index contributed by atoms with van der Waals surface area (Å²) >= 11 is 0. The molecule has 28 heavy (non-hydrogen) atoms. The van der Waals surface area contributed by atoms with Gasteiger partial charge in [-0.2, -0.15) is 0 Å². The molecule has 1 heterocycles. The van der Waals surface area contributed by atoms with Crippen LogP contribution in [0.4, 0.5) is 20.6 Å². The number of methoxy groups -OCH3 is 2. The lowest BCUT2D eigenvalue weighted by atomic mass is 9.95. The normalized spacial score (nSPS) is 17.3. The van der Waals surface area contributed by atoms with Crippen LogP contribution >= 0.6 is 0 Å². The van der Waals surface area contributed by atoms with Crippen molar-refractivity contribution in [3.05, 3.63) is 53.3 Å². The zero-order chi connectivity index (χ0) is 20.3. The molecule has 2 aromatic rings. The van der Waals surface area contributed by atoms with Crippen LogP contribution in [0.25, 0.3) is 0 Å². The summed E-state index contributed by atoms with van der Waals surface area (Å²) in [6.45, 7) is 1.97. The number of carbonyl (C=O) groups excluding carboxylic acids is 1. The molecule has 1 amide bonds. The molecule has 2 atom stereocenters. The Hall–Kier alpha value is -2.93. The van der Waals surface area contributed by atoms with Gasteiger partial charge < -0.3 is 14.6 Å². The van der Waals surface area contributed by atoms with Gasteiger partial charge in [-0.05, 0) is 50.1 Å². The number of rotatable bonds is 4. The third-order valence-electron chi connectivity index (χ3n) is 4.88. The topological polar surface area (TPSA) is 71.4 Å². The zero-order valence-electron chi connectivity index (χ0n) is 16.1. The van der Waals surface area contributed by atoms with Gasteiger partial charge in [0.05, 0.1) is 25.6 Å². The Morgan fingerprint density at radius 3 is 2.86 bits per heavy atom. The standard InChI is InChI=1S/C21H23FN2O4/c1-13-7-9-15-17(5-4-6-18(15)24(13)21(26)28-3)23-12-19(25)16-11-14(22)8-10-20(16)27-2/h4-6,8,10-13,19,25H,7,9H2,1-3H3/b23-12+. The van der Waals surface area contributed by atoms with E-state index in [1.54, 1.807) is 11.0 Å². The first kappa shape index (κ1) is 19.8. The fourth-order valence-corrected chi connectivity index (χ4v) is 3.43. The van der Waals surface area contributed by atoms with Gasteiger partial charge >= 0.3 is 6.09 Å². The Kier molecular flexibility index (Phi) is 5.94. The Morgan fingerprint density at radius 2 is 2.14 bits per heavy atom. The molecule has 2 aromatic carbocycles. The van der Waals surface area contributed by atoms with Crippen LogP contribution in [0.5, 0.6) is 5.75 Å². The van der Waals surface area contributed by atoms with Gasteiger partial charge in [0.1, 0.15) is 17.7 Å². The van der Waals surface area contributed by atoms with Gasteiger partial charge in [-0.15, -0.1) is 0 Å². The second kappa shape index (κ2) is 8.39. The first-order valence-corrected chi connectivity index (χ1v) is 9.01. The molecular formula is C21H23FN2O4. The smallest absolute Gasteiger partial charge is 0.414 e. The van der Waals surface area contributed by atoms with Gasteiger partial charge in [0.15, 0.2) is 0 Å². The fraction of sp³-hybridized carbons (Fsp3) is 0.333. The second-order valence-electron chi connectivity index (χ2n) is 6.61. The van der Waals surface area contributed by atoms with Crippen LogP contribution in [0.1, 0.15) is 30.6 Å². The van der Waals surface area contributed by atoms with Crippen LogP contribution < -0.4 is 9.64 Å². The second-order valence-corrected chi connectivity index (χ2v) is 6.61. The summed E-state index contributed by atoms with van der Waals surface area (Å²) in [5.41, 5.74) is 2.59. The molecule has 0 aromatic heterocycles. The molecule has 1 N–H and O–H groups in total. The molecule has 148 valence electrons. The van der Waals surface area contributed by atoms with E-state index in [9.17, 15) is 14.3 Å². The lowest BCUT2D eigenvalue weighted by Crippen LogP contribution is -2.42. The quantitative estimate of drug-likeness (QED) is 0.801. The van der Waals surface area contributed by atoms with E-state index < -0.39 is 18.0 Å². The van der Waals surface area contributed by atoms with E-state index in [4.69, 9.17) is 9.47 Å². The van der Waals surface area contributed by atoms with E-state index in [0.29, 0.717) is 17.0 Å². The first-order chi connectivity index (χ1) is 13.5. The highest BCUT2D eigenvalue weighted by Crippen LogP contribution is 2.37. The van der Waals surface area contributed by atoms with Gasteiger partial charge in [-0.1, -0.05) is 6.07 Å². The van der Waals surface area contributed by atoms with Crippen LogP contribution in [0.15, 0.2) is 41.4 Å². The third kappa shape index (κ3) is 3.84. The van der Waals surface area contributed by atoms with Crippen LogP contribution in [0.3, 0.4) is 0 Å². The number of hydrogen-bond donors (Lipinski definition) is 1. The predicted molar refractivity (Wildman–Crippen MR) is 105 cm³/mol. The molecule has 0 saturated carbocycles. The number of aliphatic hydroxyl groups excluding tert-OH is 1. The predicted octanol–water partition coefficient (Wildman–Crippen LogP) is 4.18. The summed E-state index contributed by atoms with van der Waals surface area (Å²) in [5, 5.41) is 10.5. The molecule has 0 radical (unpaired) electrons. The van der Waals surface area contributed by atoms with Crippen molar-refractivity contribution in [1.29, 1.82) is 0 Å². The minimum atomic E-state index is -1.14. The zero-order valence-corrected chi connectivity index (χ0v) is 16.1. The number of fused-ring (bicyclic) bond motifs is 1. The van der Waals surface area contributed by atoms with E-state index in [1.807, 2.05) is 19.1 Å². The maximum Gasteiger partial charge on any atom is 0.414 e. The lowest BCUT2D eigenvalue weighted by Gasteiger charge is -2.34. The van der Waals surface area contributed by atoms with E-state index in [1.165, 1.54) is 38.6 Å². The van der Waals surface area contributed by atoms with E-state index in [-0.39, 0.29) is 6.04 Å². The van der Waals surface area contributed by atoms with Gasteiger partial charge in [0.2, 0.25) is 0 Å². The van der Waals surface area contributed by atoms with Crippen LogP contribution in [0, 0.1) is 5.82 Å². The van der Waals surface area contributed by atoms with Crippen molar-refractivity contribution in [1.82, 2.24) is 0 Å². The highest BCUT2D eigenvalue weighted by molar-refractivity contribution is 5.91. The number of halogens is 1. The van der Waals surface area contributed by atoms with Crippen LogP contribution in [-0.4, -0.2) is 37.7 Å². The largest absolute Gasteiger partial charge is 0.496 e. The van der Waals surface area contributed by atoms with E-state index in [2.05, 4.69) is 4.99 Å². The van der Waals surface area contributed by atoms with Gasteiger partial charge in [-0.3, -0.25) is 9.89 Å². The Morgan fingerprint density at radius 1 is 1.36 bits per heavy atom. The Balaban J connectivity index is 1.93. The SMILES string of the molecule is COC(=O)N1c2cccc(/N=C/C(O)c3cc(F)ccc3OC)c2CCC1C. The molecule has 2 unspecified atom stereocenters. The number of aliphatic imine (C=N–C) groups is 1. The number of benzene rings is 2. The van der Waals surface area contributed by atoms with Crippen molar-refractivity contribution in [2.24, 2.45) is 4.99 Å². The van der Waals surface area contributed by atoms with Crippen LogP contribution in [0.2, 0.25) is 0 Å². The minimum Gasteiger partial charge on any atom is -0.496 e. The molecule has 0 aliphatic carbocycles. The molecule has 0 bridgehead atoms. The number of anilines is 1. The Bertz CT molecular complexity index is 900. The maximum absolute atomic E-state index is 13.6. The molecule has 0 spiro atoms. The molecule has 6 nitrogen and oxygen atoms in total. The third-order valence-corrected chi connectivity index (χ3v) is 4.88. The van der Waals surface area contributed by atoms with Crippen molar-refractivity contribution in [3.63, 3.8) is 0 Å². The number of amides is 1. The fourth-order valence-electron chi connectivity index (χ4n) is 3.43. The van der Waals surface area contributed by atoms with Gasteiger partial charge in [0.25, 0.3) is 0 Å². The van der Waals surface area contributed by atoms with Crippen molar-refractivity contribution in [2.45, 2.75) is 31.9 Å². The van der Waals surface area contributed by atoms with Gasteiger partial charge in [-0.25, -0.2) is 9.18 Å². The monoisotopic (exact) mass is 386 g/mol. The number of aliphatic hydroxyl groups is 1. The molecule has 0 fully saturated rings. The summed E-state index contributed by atoms with van der Waals surface area (Å²) in [7, 11) is 2.81. The summed E-state index contributed by atoms with van der Waals surface area (Å²) in [6, 6.07) is 9.43. The van der Waals surface area contributed by atoms with Crippen molar-refractivity contribution in [3.8, 4) is 5.75 Å². The summed E-state index contributed by atoms with van der Waals surface area (Å²) < 4.78 is 23.7.